The van der Waals surface area contributed by atoms with E-state index >= 15 is 0 Å². The summed E-state index contributed by atoms with van der Waals surface area (Å²) in [6.45, 7) is 2.47. The lowest BCUT2D eigenvalue weighted by Crippen LogP contribution is -2.36. The van der Waals surface area contributed by atoms with Crippen LogP contribution < -0.4 is 4.90 Å². The molecule has 0 radical (unpaired) electrons. The molecule has 2 aromatic rings. The molecule has 4 rings (SSSR count). The molecular weight excluding hydrogens is 306 g/mol. The number of fused-ring (bicyclic) bond motifs is 2. The van der Waals surface area contributed by atoms with Gasteiger partial charge in [-0.3, -0.25) is 0 Å². The highest BCUT2D eigenvalue weighted by Crippen LogP contribution is 2.41. The average molecular weight is 331 g/mol. The highest BCUT2D eigenvalue weighted by atomic mass is 16.3. The van der Waals surface area contributed by atoms with Gasteiger partial charge in [0.2, 0.25) is 0 Å². The summed E-state index contributed by atoms with van der Waals surface area (Å²) in [5.74, 6) is 2.34. The molecule has 3 N–H and O–H groups in total. The Labute approximate surface area is 141 Å². The number of H-pyrrole nitrogens is 1. The Hall–Kier alpha value is -1.70. The van der Waals surface area contributed by atoms with Crippen molar-refractivity contribution in [2.24, 2.45) is 11.8 Å². The van der Waals surface area contributed by atoms with Crippen LogP contribution in [0.4, 0.5) is 5.82 Å². The molecule has 2 aliphatic rings. The summed E-state index contributed by atoms with van der Waals surface area (Å²) < 4.78 is 0. The highest BCUT2D eigenvalue weighted by Gasteiger charge is 2.42. The number of nitrogens with zero attached hydrogens (tertiary/aromatic N) is 4. The molecule has 0 bridgehead atoms. The van der Waals surface area contributed by atoms with Crippen LogP contribution in [-0.4, -0.2) is 75.5 Å². The van der Waals surface area contributed by atoms with Crippen LogP contribution in [-0.2, 0) is 0 Å². The number of rotatable bonds is 5. The number of aromatic amines is 1. The predicted octanol–water partition coefficient (Wildman–Crippen LogP) is 0.458. The van der Waals surface area contributed by atoms with Gasteiger partial charge < -0.3 is 25.0 Å². The maximum absolute atomic E-state index is 9.63. The Bertz CT molecular complexity index is 691. The molecule has 2 fully saturated rings. The molecule has 0 aromatic carbocycles. The van der Waals surface area contributed by atoms with Gasteiger partial charge in [0.15, 0.2) is 0 Å². The molecule has 0 spiro atoms. The van der Waals surface area contributed by atoms with Crippen LogP contribution in [0, 0.1) is 11.8 Å². The van der Waals surface area contributed by atoms with Crippen molar-refractivity contribution in [2.45, 2.75) is 25.0 Å². The lowest BCUT2D eigenvalue weighted by atomic mass is 10.0. The van der Waals surface area contributed by atoms with Gasteiger partial charge in [0.25, 0.3) is 0 Å². The maximum Gasteiger partial charge on any atom is 0.142 e. The number of hydrogen-bond donors (Lipinski definition) is 3. The summed E-state index contributed by atoms with van der Waals surface area (Å²) in [6, 6.07) is 2.53. The van der Waals surface area contributed by atoms with Crippen molar-refractivity contribution in [1.82, 2.24) is 19.9 Å². The molecule has 3 heterocycles. The van der Waals surface area contributed by atoms with E-state index in [1.807, 2.05) is 12.3 Å². The molecule has 130 valence electrons. The first-order valence-corrected chi connectivity index (χ1v) is 8.68. The predicted molar refractivity (Wildman–Crippen MR) is 91.8 cm³/mol. The van der Waals surface area contributed by atoms with Gasteiger partial charge in [-0.15, -0.1) is 0 Å². The molecule has 0 amide bonds. The van der Waals surface area contributed by atoms with E-state index in [4.69, 9.17) is 5.11 Å². The lowest BCUT2D eigenvalue weighted by molar-refractivity contribution is 0.0637. The van der Waals surface area contributed by atoms with E-state index < -0.39 is 6.10 Å². The molecule has 3 atom stereocenters. The number of nitrogens with one attached hydrogen (secondary N) is 1. The molecule has 7 nitrogen and oxygen atoms in total. The van der Waals surface area contributed by atoms with Crippen molar-refractivity contribution >= 4 is 16.9 Å². The molecule has 2 aromatic heterocycles. The second-order valence-electron chi connectivity index (χ2n) is 7.25. The monoisotopic (exact) mass is 331 g/mol. The van der Waals surface area contributed by atoms with Crippen LogP contribution in [0.2, 0.25) is 0 Å². The zero-order chi connectivity index (χ0) is 16.7. The number of aliphatic hydroxyl groups is 2. The molecule has 1 aliphatic heterocycles. The maximum atomic E-state index is 9.63. The Kier molecular flexibility index (Phi) is 4.15. The minimum atomic E-state index is -0.620. The molecule has 3 unspecified atom stereocenters. The van der Waals surface area contributed by atoms with Gasteiger partial charge in [0, 0.05) is 38.9 Å². The van der Waals surface area contributed by atoms with Gasteiger partial charge in [0.1, 0.15) is 17.8 Å². The van der Waals surface area contributed by atoms with E-state index in [0.29, 0.717) is 24.4 Å². The molecule has 1 saturated carbocycles. The van der Waals surface area contributed by atoms with Gasteiger partial charge in [0.05, 0.1) is 18.1 Å². The van der Waals surface area contributed by atoms with Crippen molar-refractivity contribution in [3.63, 3.8) is 0 Å². The Morgan fingerprint density at radius 3 is 2.79 bits per heavy atom. The molecular formula is C17H25N5O2. The van der Waals surface area contributed by atoms with E-state index in [1.165, 1.54) is 0 Å². The third-order valence-corrected chi connectivity index (χ3v) is 5.70. The first kappa shape index (κ1) is 15.8. The minimum absolute atomic E-state index is 0.155. The first-order chi connectivity index (χ1) is 11.7. The Morgan fingerprint density at radius 2 is 2.08 bits per heavy atom. The van der Waals surface area contributed by atoms with Crippen LogP contribution >= 0.6 is 0 Å². The van der Waals surface area contributed by atoms with E-state index in [9.17, 15) is 5.11 Å². The summed E-state index contributed by atoms with van der Waals surface area (Å²) in [7, 11) is 2.13. The number of likely N-dealkylation sites (tertiary alicyclic amines) is 1. The first-order valence-electron chi connectivity index (χ1n) is 8.68. The second kappa shape index (κ2) is 6.31. The quantitative estimate of drug-likeness (QED) is 0.738. The molecule has 1 aliphatic carbocycles. The summed E-state index contributed by atoms with van der Waals surface area (Å²) in [6.07, 6.45) is 5.22. The van der Waals surface area contributed by atoms with E-state index in [0.717, 1.165) is 42.8 Å². The molecule has 24 heavy (non-hydrogen) atoms. The standard InChI is InChI=1S/C17H25N5O2/c1-21(17-15-2-3-18-16(15)19-10-20-17)13-4-11-6-22(7-12(11)5-13)8-14(24)9-23/h2-3,10-14,23-24H,4-9H2,1H3,(H,18,19,20). The van der Waals surface area contributed by atoms with Crippen molar-refractivity contribution in [1.29, 1.82) is 0 Å². The summed E-state index contributed by atoms with van der Waals surface area (Å²) in [5.41, 5.74) is 0.884. The average Bonchev–Trinajstić information content (AvgIpc) is 3.27. The van der Waals surface area contributed by atoms with Gasteiger partial charge in [-0.05, 0) is 30.7 Å². The van der Waals surface area contributed by atoms with Crippen molar-refractivity contribution in [3.05, 3.63) is 18.6 Å². The number of β-amino-alcohol motifs (C(OH)–C–C–N with tert-alkyl or cyclic N) is 1. The van der Waals surface area contributed by atoms with Gasteiger partial charge >= 0.3 is 0 Å². The van der Waals surface area contributed by atoms with E-state index in [1.54, 1.807) is 6.33 Å². The Balaban J connectivity index is 1.43. The van der Waals surface area contributed by atoms with Crippen molar-refractivity contribution in [3.8, 4) is 0 Å². The highest BCUT2D eigenvalue weighted by molar-refractivity contribution is 5.87. The van der Waals surface area contributed by atoms with Crippen molar-refractivity contribution < 1.29 is 10.2 Å². The number of aliphatic hydroxyl groups excluding tert-OH is 2. The molecule has 7 heteroatoms. The van der Waals surface area contributed by atoms with Crippen LogP contribution in [0.3, 0.4) is 0 Å². The molecule has 1 saturated heterocycles. The third kappa shape index (κ3) is 2.76. The Morgan fingerprint density at radius 1 is 1.33 bits per heavy atom. The SMILES string of the molecule is CN(c1ncnc2[nH]ccc12)C1CC2CN(CC(O)CO)CC2C1. The normalized spacial score (nSPS) is 28.4. The fourth-order valence-corrected chi connectivity index (χ4v) is 4.50. The van der Waals surface area contributed by atoms with Crippen LogP contribution in [0.5, 0.6) is 0 Å². The fraction of sp³-hybridized carbons (Fsp3) is 0.647. The zero-order valence-corrected chi connectivity index (χ0v) is 14.0. The third-order valence-electron chi connectivity index (χ3n) is 5.70. The van der Waals surface area contributed by atoms with E-state index in [-0.39, 0.29) is 6.61 Å². The minimum Gasteiger partial charge on any atom is -0.394 e. The van der Waals surface area contributed by atoms with Gasteiger partial charge in [-0.2, -0.15) is 0 Å². The van der Waals surface area contributed by atoms with Gasteiger partial charge in [-0.25, -0.2) is 9.97 Å². The van der Waals surface area contributed by atoms with Crippen LogP contribution in [0.15, 0.2) is 18.6 Å². The largest absolute Gasteiger partial charge is 0.394 e. The van der Waals surface area contributed by atoms with E-state index in [2.05, 4.69) is 31.8 Å². The summed E-state index contributed by atoms with van der Waals surface area (Å²) in [5, 5.41) is 19.7. The summed E-state index contributed by atoms with van der Waals surface area (Å²) >= 11 is 0. The fourth-order valence-electron chi connectivity index (χ4n) is 4.50. The number of aromatic nitrogens is 3. The second-order valence-corrected chi connectivity index (χ2v) is 7.25. The van der Waals surface area contributed by atoms with Gasteiger partial charge in [-0.1, -0.05) is 0 Å². The topological polar surface area (TPSA) is 88.5 Å². The van der Waals surface area contributed by atoms with Crippen molar-refractivity contribution in [2.75, 3.05) is 38.2 Å². The van der Waals surface area contributed by atoms with Crippen LogP contribution in [0.1, 0.15) is 12.8 Å². The number of hydrogen-bond acceptors (Lipinski definition) is 6. The summed E-state index contributed by atoms with van der Waals surface area (Å²) in [4.78, 5) is 16.5. The zero-order valence-electron chi connectivity index (χ0n) is 14.0. The smallest absolute Gasteiger partial charge is 0.142 e. The van der Waals surface area contributed by atoms with Crippen LogP contribution in [0.25, 0.3) is 11.0 Å². The number of anilines is 1. The lowest BCUT2D eigenvalue weighted by Gasteiger charge is -2.28.